The van der Waals surface area contributed by atoms with Crippen molar-refractivity contribution < 1.29 is 14.4 Å². The van der Waals surface area contributed by atoms with Gasteiger partial charge >= 0.3 is 0 Å². The summed E-state index contributed by atoms with van der Waals surface area (Å²) in [5, 5.41) is 17.1. The highest BCUT2D eigenvalue weighted by atomic mass is 16.6. The minimum Gasteiger partial charge on any atom is -0.495 e. The van der Waals surface area contributed by atoms with Crippen molar-refractivity contribution in [3.63, 3.8) is 0 Å². The first-order chi connectivity index (χ1) is 17.1. The molecule has 0 bridgehead atoms. The predicted octanol–water partition coefficient (Wildman–Crippen LogP) is 7.84. The molecule has 35 heavy (non-hydrogen) atoms. The van der Waals surface area contributed by atoms with E-state index < -0.39 is 0 Å². The van der Waals surface area contributed by atoms with Gasteiger partial charge < -0.3 is 9.47 Å². The highest BCUT2D eigenvalue weighted by Crippen LogP contribution is 2.53. The predicted molar refractivity (Wildman–Crippen MR) is 141 cm³/mol. The maximum atomic E-state index is 11.7. The van der Waals surface area contributed by atoms with Gasteiger partial charge in [0.1, 0.15) is 11.5 Å². The number of hydrogen-bond acceptors (Lipinski definition) is 4. The van der Waals surface area contributed by atoms with Gasteiger partial charge in [0.25, 0.3) is 5.69 Å². The lowest BCUT2D eigenvalue weighted by Crippen LogP contribution is -1.99. The Morgan fingerprint density at radius 3 is 1.91 bits per heavy atom. The molecule has 0 aliphatic heterocycles. The fourth-order valence-electron chi connectivity index (χ4n) is 5.24. The summed E-state index contributed by atoms with van der Waals surface area (Å²) in [6.07, 6.45) is 0. The van der Waals surface area contributed by atoms with Crippen LogP contribution in [0.2, 0.25) is 0 Å². The first-order valence-corrected chi connectivity index (χ1v) is 11.3. The molecule has 0 saturated heterocycles. The summed E-state index contributed by atoms with van der Waals surface area (Å²) in [5.74, 6) is 1.43. The molecule has 0 unspecified atom stereocenters. The lowest BCUT2D eigenvalue weighted by atomic mass is 9.85. The van der Waals surface area contributed by atoms with Crippen LogP contribution < -0.4 is 9.47 Å². The Bertz CT molecular complexity index is 1730. The van der Waals surface area contributed by atoms with Crippen molar-refractivity contribution in [2.24, 2.45) is 0 Å². The number of hydrogen-bond donors (Lipinski definition) is 0. The third-order valence-electron chi connectivity index (χ3n) is 6.64. The molecule has 5 heteroatoms. The summed E-state index contributed by atoms with van der Waals surface area (Å²) in [5.41, 5.74) is 3.89. The molecule has 0 radical (unpaired) electrons. The van der Waals surface area contributed by atoms with E-state index in [2.05, 4.69) is 0 Å². The van der Waals surface area contributed by atoms with E-state index >= 15 is 0 Å². The normalized spacial score (nSPS) is 11.4. The van der Waals surface area contributed by atoms with Gasteiger partial charge in [0.2, 0.25) is 0 Å². The van der Waals surface area contributed by atoms with E-state index in [4.69, 9.17) is 9.47 Å². The van der Waals surface area contributed by atoms with E-state index in [1.54, 1.807) is 26.4 Å². The average Bonchev–Trinajstić information content (AvgIpc) is 2.91. The average molecular weight is 460 g/mol. The molecule has 0 N–H and O–H groups in total. The number of benzene rings is 6. The number of ether oxygens (including phenoxy) is 2. The topological polar surface area (TPSA) is 61.6 Å². The molecule has 0 amide bonds. The van der Waals surface area contributed by atoms with Crippen LogP contribution in [0.15, 0.2) is 91.0 Å². The third-order valence-corrected chi connectivity index (χ3v) is 6.64. The van der Waals surface area contributed by atoms with Crippen LogP contribution in [0.5, 0.6) is 11.5 Å². The molecule has 0 atom stereocenters. The zero-order valence-corrected chi connectivity index (χ0v) is 19.2. The number of nitrogens with zero attached hydrogens (tertiary/aromatic N) is 1. The second kappa shape index (κ2) is 7.99. The van der Waals surface area contributed by atoms with Gasteiger partial charge in [0, 0.05) is 28.3 Å². The molecule has 6 rings (SSSR count). The number of nitro groups is 1. The molecule has 0 spiro atoms. The van der Waals surface area contributed by atoms with Crippen molar-refractivity contribution in [2.45, 2.75) is 0 Å². The summed E-state index contributed by atoms with van der Waals surface area (Å²) in [6.45, 7) is 0. The molecule has 0 fully saturated rings. The van der Waals surface area contributed by atoms with Crippen LogP contribution in [0.1, 0.15) is 0 Å². The lowest BCUT2D eigenvalue weighted by molar-refractivity contribution is -0.384. The van der Waals surface area contributed by atoms with Crippen LogP contribution in [0.25, 0.3) is 54.6 Å². The Morgan fingerprint density at radius 1 is 0.657 bits per heavy atom. The molecule has 0 aliphatic carbocycles. The number of nitro benzene ring substituents is 1. The second-order valence-electron chi connectivity index (χ2n) is 8.48. The Morgan fingerprint density at radius 2 is 1.29 bits per heavy atom. The summed E-state index contributed by atoms with van der Waals surface area (Å²) in [4.78, 5) is 11.3. The van der Waals surface area contributed by atoms with E-state index in [0.29, 0.717) is 11.5 Å². The number of rotatable bonds is 5. The van der Waals surface area contributed by atoms with Crippen molar-refractivity contribution in [1.82, 2.24) is 0 Å². The van der Waals surface area contributed by atoms with Crippen molar-refractivity contribution in [1.29, 1.82) is 0 Å². The van der Waals surface area contributed by atoms with Gasteiger partial charge in [-0.25, -0.2) is 0 Å². The summed E-state index contributed by atoms with van der Waals surface area (Å²) in [6, 6.07) is 29.4. The van der Waals surface area contributed by atoms with Crippen LogP contribution in [-0.2, 0) is 0 Å². The molecular weight excluding hydrogens is 438 g/mol. The minimum absolute atomic E-state index is 0.0683. The second-order valence-corrected chi connectivity index (χ2v) is 8.48. The molecule has 170 valence electrons. The van der Waals surface area contributed by atoms with Crippen LogP contribution in [-0.4, -0.2) is 19.1 Å². The monoisotopic (exact) mass is 459 g/mol. The quantitative estimate of drug-likeness (QED) is 0.150. The maximum absolute atomic E-state index is 11.7. The van der Waals surface area contributed by atoms with E-state index in [0.717, 1.165) is 54.6 Å². The van der Waals surface area contributed by atoms with E-state index in [-0.39, 0.29) is 10.6 Å². The molecule has 0 aliphatic rings. The smallest absolute Gasteiger partial charge is 0.270 e. The number of methoxy groups -OCH3 is 2. The van der Waals surface area contributed by atoms with Crippen molar-refractivity contribution in [3.8, 4) is 33.8 Å². The first kappa shape index (κ1) is 20.9. The van der Waals surface area contributed by atoms with Gasteiger partial charge in [-0.2, -0.15) is 0 Å². The zero-order chi connectivity index (χ0) is 24.1. The van der Waals surface area contributed by atoms with Crippen molar-refractivity contribution in [2.75, 3.05) is 14.2 Å². The van der Waals surface area contributed by atoms with E-state index in [9.17, 15) is 10.1 Å². The fourth-order valence-corrected chi connectivity index (χ4v) is 5.24. The molecule has 0 heterocycles. The Labute approximate surface area is 201 Å². The zero-order valence-electron chi connectivity index (χ0n) is 19.2. The number of non-ortho nitro benzene ring substituents is 1. The Kier molecular flexibility index (Phi) is 4.78. The van der Waals surface area contributed by atoms with Gasteiger partial charge in [-0.15, -0.1) is 0 Å². The van der Waals surface area contributed by atoms with Gasteiger partial charge in [-0.3, -0.25) is 10.1 Å². The van der Waals surface area contributed by atoms with Crippen LogP contribution in [0, 0.1) is 10.1 Å². The SMILES string of the molecule is COc1c(-c2ccccc2)c(OC)c2c(-c3ccccc3)cc3cc([N+](=O)[O-])cc4ccc1c2c43. The molecule has 6 aromatic rings. The first-order valence-electron chi connectivity index (χ1n) is 11.3. The molecule has 6 aromatic carbocycles. The minimum atomic E-state index is -0.342. The molecular formula is C30H21NO4. The van der Waals surface area contributed by atoms with Gasteiger partial charge in [-0.1, -0.05) is 66.7 Å². The summed E-state index contributed by atoms with van der Waals surface area (Å²) >= 11 is 0. The fraction of sp³-hybridized carbons (Fsp3) is 0.0667. The Balaban J connectivity index is 1.91. The summed E-state index contributed by atoms with van der Waals surface area (Å²) in [7, 11) is 3.35. The maximum Gasteiger partial charge on any atom is 0.270 e. The molecule has 0 aromatic heterocycles. The van der Waals surface area contributed by atoms with Gasteiger partial charge in [-0.05, 0) is 45.0 Å². The highest BCUT2D eigenvalue weighted by molar-refractivity contribution is 6.30. The van der Waals surface area contributed by atoms with Crippen LogP contribution >= 0.6 is 0 Å². The standard InChI is InChI=1S/C30H21NO4/c1-34-29-23-14-13-20-15-22(31(32)33)16-21-17-24(18-9-5-3-6-10-18)28(27(23)25(20)21)30(35-2)26(29)19-11-7-4-8-12-19/h3-17H,1-2H3. The third kappa shape index (κ3) is 3.09. The van der Waals surface area contributed by atoms with Crippen molar-refractivity contribution in [3.05, 3.63) is 101 Å². The highest BCUT2D eigenvalue weighted by Gasteiger charge is 2.26. The lowest BCUT2D eigenvalue weighted by Gasteiger charge is -2.23. The largest absolute Gasteiger partial charge is 0.495 e. The van der Waals surface area contributed by atoms with Gasteiger partial charge in [0.15, 0.2) is 0 Å². The summed E-state index contributed by atoms with van der Waals surface area (Å²) < 4.78 is 12.2. The van der Waals surface area contributed by atoms with E-state index in [1.807, 2.05) is 78.9 Å². The van der Waals surface area contributed by atoms with E-state index in [1.165, 1.54) is 0 Å². The van der Waals surface area contributed by atoms with Crippen LogP contribution in [0.3, 0.4) is 0 Å². The van der Waals surface area contributed by atoms with Crippen LogP contribution in [0.4, 0.5) is 5.69 Å². The molecule has 0 saturated carbocycles. The Hall–Kier alpha value is -4.64. The van der Waals surface area contributed by atoms with Crippen molar-refractivity contribution >= 4 is 38.0 Å². The van der Waals surface area contributed by atoms with Gasteiger partial charge in [0.05, 0.1) is 24.7 Å². The molecule has 5 nitrogen and oxygen atoms in total.